The third-order valence-corrected chi connectivity index (χ3v) is 4.08. The number of alkyl halides is 3. The molecular weight excluding hydrogens is 382 g/mol. The minimum Gasteiger partial charge on any atom is -0.347 e. The quantitative estimate of drug-likeness (QED) is 0.562. The molecule has 0 amide bonds. The summed E-state index contributed by atoms with van der Waals surface area (Å²) >= 11 is 4.14. The zero-order chi connectivity index (χ0) is 19.1. The first-order valence-electron chi connectivity index (χ1n) is 7.44. The van der Waals surface area contributed by atoms with Gasteiger partial charge in [0.05, 0.1) is 24.3 Å². The summed E-state index contributed by atoms with van der Waals surface area (Å²) in [6, 6.07) is 3.59. The molecule has 140 valence electrons. The second-order valence-electron chi connectivity index (χ2n) is 5.70. The molecule has 0 atom stereocenters. The number of thiol groups is 1. The molecule has 9 heteroatoms. The van der Waals surface area contributed by atoms with Crippen molar-refractivity contribution in [2.45, 2.75) is 17.7 Å². The molecule has 2 aromatic rings. The van der Waals surface area contributed by atoms with Crippen LogP contribution in [0.1, 0.15) is 17.4 Å². The highest BCUT2D eigenvalue weighted by atomic mass is 32.1. The smallest absolute Gasteiger partial charge is 0.347 e. The maximum absolute atomic E-state index is 14.4. The molecule has 0 aromatic heterocycles. The third kappa shape index (κ3) is 3.84. The summed E-state index contributed by atoms with van der Waals surface area (Å²) in [4.78, 5) is 0. The highest BCUT2D eigenvalue weighted by Crippen LogP contribution is 2.36. The zero-order valence-electron chi connectivity index (χ0n) is 13.0. The molecule has 1 aliphatic rings. The standard InChI is InChI=1S/C17H12F6O2S/c18-12-3-8(1-2-11(12)17(21,22)23)15-13(19)4-9(5-14(15)20)16-24-6-10(26)7-25-16/h1-5,10,16,26H,6-7H2. The van der Waals surface area contributed by atoms with Gasteiger partial charge in [0.15, 0.2) is 6.29 Å². The van der Waals surface area contributed by atoms with Crippen LogP contribution in [-0.4, -0.2) is 18.5 Å². The molecule has 1 saturated heterocycles. The Hall–Kier alpha value is -1.71. The predicted octanol–water partition coefficient (Wildman–Crippen LogP) is 5.13. The van der Waals surface area contributed by atoms with Crippen molar-refractivity contribution in [2.24, 2.45) is 0 Å². The minimum atomic E-state index is -4.90. The highest BCUT2D eigenvalue weighted by Gasteiger charge is 2.34. The summed E-state index contributed by atoms with van der Waals surface area (Å²) in [6.45, 7) is 0.450. The summed E-state index contributed by atoms with van der Waals surface area (Å²) in [5.41, 5.74) is -2.43. The average molecular weight is 394 g/mol. The lowest BCUT2D eigenvalue weighted by Gasteiger charge is -2.27. The topological polar surface area (TPSA) is 18.5 Å². The Balaban J connectivity index is 1.95. The van der Waals surface area contributed by atoms with Crippen LogP contribution in [-0.2, 0) is 15.7 Å². The van der Waals surface area contributed by atoms with Crippen molar-refractivity contribution in [1.29, 1.82) is 0 Å². The lowest BCUT2D eigenvalue weighted by Crippen LogP contribution is -2.27. The number of rotatable bonds is 2. The maximum atomic E-state index is 14.4. The first-order valence-corrected chi connectivity index (χ1v) is 7.96. The highest BCUT2D eigenvalue weighted by molar-refractivity contribution is 7.81. The van der Waals surface area contributed by atoms with E-state index >= 15 is 0 Å². The van der Waals surface area contributed by atoms with Crippen LogP contribution in [0.2, 0.25) is 0 Å². The number of hydrogen-bond donors (Lipinski definition) is 1. The zero-order valence-corrected chi connectivity index (χ0v) is 13.9. The predicted molar refractivity (Wildman–Crippen MR) is 84.2 cm³/mol. The van der Waals surface area contributed by atoms with Crippen molar-refractivity contribution < 1.29 is 35.8 Å². The summed E-state index contributed by atoms with van der Waals surface area (Å²) in [7, 11) is 0. The summed E-state index contributed by atoms with van der Waals surface area (Å²) in [5, 5.41) is -0.157. The molecule has 0 N–H and O–H groups in total. The van der Waals surface area contributed by atoms with Crippen molar-refractivity contribution >= 4 is 12.6 Å². The molecule has 0 aliphatic carbocycles. The van der Waals surface area contributed by atoms with Crippen molar-refractivity contribution in [1.82, 2.24) is 0 Å². The molecule has 26 heavy (non-hydrogen) atoms. The molecule has 0 saturated carbocycles. The Labute approximate surface area is 150 Å². The molecule has 1 fully saturated rings. The number of halogens is 6. The monoisotopic (exact) mass is 394 g/mol. The van der Waals surface area contributed by atoms with Gasteiger partial charge in [-0.05, 0) is 29.8 Å². The molecule has 1 heterocycles. The Morgan fingerprint density at radius 3 is 1.96 bits per heavy atom. The van der Waals surface area contributed by atoms with E-state index in [0.29, 0.717) is 12.1 Å². The van der Waals surface area contributed by atoms with E-state index in [-0.39, 0.29) is 29.6 Å². The van der Waals surface area contributed by atoms with Crippen LogP contribution >= 0.6 is 12.6 Å². The fourth-order valence-corrected chi connectivity index (χ4v) is 2.76. The van der Waals surface area contributed by atoms with Gasteiger partial charge in [-0.25, -0.2) is 13.2 Å². The van der Waals surface area contributed by atoms with Crippen molar-refractivity contribution in [2.75, 3.05) is 13.2 Å². The summed E-state index contributed by atoms with van der Waals surface area (Å²) in [5.74, 6) is -3.75. The van der Waals surface area contributed by atoms with Crippen LogP contribution in [0.3, 0.4) is 0 Å². The van der Waals surface area contributed by atoms with Crippen LogP contribution in [0.25, 0.3) is 11.1 Å². The molecule has 0 unspecified atom stereocenters. The number of hydrogen-bond acceptors (Lipinski definition) is 3. The van der Waals surface area contributed by atoms with E-state index in [1.54, 1.807) is 0 Å². The van der Waals surface area contributed by atoms with Crippen LogP contribution in [0, 0.1) is 17.5 Å². The Morgan fingerprint density at radius 2 is 1.46 bits per heavy atom. The molecule has 0 bridgehead atoms. The van der Waals surface area contributed by atoms with Gasteiger partial charge in [-0.3, -0.25) is 0 Å². The normalized spacial score (nSPS) is 21.0. The van der Waals surface area contributed by atoms with Gasteiger partial charge in [0, 0.05) is 10.8 Å². The van der Waals surface area contributed by atoms with Gasteiger partial charge < -0.3 is 9.47 Å². The molecule has 2 aromatic carbocycles. The van der Waals surface area contributed by atoms with Crippen LogP contribution < -0.4 is 0 Å². The minimum absolute atomic E-state index is 0.0661. The van der Waals surface area contributed by atoms with Gasteiger partial charge >= 0.3 is 6.18 Å². The Bertz CT molecular complexity index is 792. The molecule has 1 aliphatic heterocycles. The summed E-state index contributed by atoms with van der Waals surface area (Å²) in [6.07, 6.45) is -5.88. The molecule has 0 spiro atoms. The van der Waals surface area contributed by atoms with E-state index in [0.717, 1.165) is 18.2 Å². The van der Waals surface area contributed by atoms with Gasteiger partial charge in [0.25, 0.3) is 0 Å². The first kappa shape index (κ1) is 19.1. The molecule has 0 radical (unpaired) electrons. The van der Waals surface area contributed by atoms with Gasteiger partial charge in [0.1, 0.15) is 17.5 Å². The number of ether oxygens (including phenoxy) is 2. The van der Waals surface area contributed by atoms with Crippen LogP contribution in [0.5, 0.6) is 0 Å². The van der Waals surface area contributed by atoms with E-state index in [1.165, 1.54) is 0 Å². The van der Waals surface area contributed by atoms with Gasteiger partial charge in [-0.15, -0.1) is 0 Å². The van der Waals surface area contributed by atoms with E-state index in [4.69, 9.17) is 9.47 Å². The van der Waals surface area contributed by atoms with E-state index in [9.17, 15) is 26.3 Å². The van der Waals surface area contributed by atoms with Gasteiger partial charge in [-0.1, -0.05) is 6.07 Å². The van der Waals surface area contributed by atoms with Crippen molar-refractivity contribution in [3.8, 4) is 11.1 Å². The third-order valence-electron chi connectivity index (χ3n) is 3.78. The summed E-state index contributed by atoms with van der Waals surface area (Å²) < 4.78 is 90.9. The molecular formula is C17H12F6O2S. The second kappa shape index (κ2) is 7.13. The van der Waals surface area contributed by atoms with Crippen LogP contribution in [0.4, 0.5) is 26.3 Å². The average Bonchev–Trinajstić information content (AvgIpc) is 2.53. The Morgan fingerprint density at radius 1 is 0.885 bits per heavy atom. The lowest BCUT2D eigenvalue weighted by molar-refractivity contribution is -0.179. The number of benzene rings is 2. The second-order valence-corrected chi connectivity index (χ2v) is 6.43. The largest absolute Gasteiger partial charge is 0.419 e. The van der Waals surface area contributed by atoms with Crippen LogP contribution in [0.15, 0.2) is 30.3 Å². The van der Waals surface area contributed by atoms with Gasteiger partial charge in [0.2, 0.25) is 0 Å². The maximum Gasteiger partial charge on any atom is 0.419 e. The SMILES string of the molecule is Fc1cc(-c2c(F)cc(C3OCC(S)CO3)cc2F)ccc1C(F)(F)F. The first-order chi connectivity index (χ1) is 12.2. The van der Waals surface area contributed by atoms with Gasteiger partial charge in [-0.2, -0.15) is 25.8 Å². The molecule has 2 nitrogen and oxygen atoms in total. The van der Waals surface area contributed by atoms with E-state index in [1.807, 2.05) is 0 Å². The fraction of sp³-hybridized carbons (Fsp3) is 0.294. The molecule has 3 rings (SSSR count). The van der Waals surface area contributed by atoms with Crippen molar-refractivity contribution in [3.05, 3.63) is 58.9 Å². The van der Waals surface area contributed by atoms with E-state index < -0.39 is 41.0 Å². The fourth-order valence-electron chi connectivity index (χ4n) is 2.59. The Kier molecular flexibility index (Phi) is 5.23. The van der Waals surface area contributed by atoms with E-state index in [2.05, 4.69) is 12.6 Å². The van der Waals surface area contributed by atoms with Crippen molar-refractivity contribution in [3.63, 3.8) is 0 Å². The lowest BCUT2D eigenvalue weighted by atomic mass is 10.00.